The zero-order chi connectivity index (χ0) is 23.2. The van der Waals surface area contributed by atoms with Gasteiger partial charge in [-0.1, -0.05) is 82.2 Å². The van der Waals surface area contributed by atoms with Gasteiger partial charge in [-0.3, -0.25) is 9.59 Å². The second-order valence-electron chi connectivity index (χ2n) is 8.04. The van der Waals surface area contributed by atoms with Gasteiger partial charge in [0.1, 0.15) is 6.04 Å². The van der Waals surface area contributed by atoms with Gasteiger partial charge in [0, 0.05) is 24.3 Å². The standard InChI is InChI=1S/C22H40N4O5/c23-26-24-18-17-19(22(30)31)25-20(27)15-13-11-9-7-5-3-1-2-4-6-8-10-12-14-16-21(28)29/h19H,1-18H2,(H,25,27)(H,28,29)(H,30,31)/t19-/m1/s1. The van der Waals surface area contributed by atoms with Crippen molar-refractivity contribution < 1.29 is 24.6 Å². The highest BCUT2D eigenvalue weighted by Crippen LogP contribution is 2.13. The molecule has 0 aliphatic rings. The highest BCUT2D eigenvalue weighted by Gasteiger charge is 2.18. The molecule has 1 amide bonds. The van der Waals surface area contributed by atoms with Crippen LogP contribution >= 0.6 is 0 Å². The van der Waals surface area contributed by atoms with E-state index >= 15 is 0 Å². The number of carboxylic acids is 2. The van der Waals surface area contributed by atoms with Crippen molar-refractivity contribution in [3.63, 3.8) is 0 Å². The van der Waals surface area contributed by atoms with E-state index in [-0.39, 0.29) is 18.9 Å². The van der Waals surface area contributed by atoms with Crippen molar-refractivity contribution >= 4 is 17.8 Å². The van der Waals surface area contributed by atoms with Gasteiger partial charge in [-0.05, 0) is 24.8 Å². The number of carbonyl (C=O) groups is 3. The lowest BCUT2D eigenvalue weighted by Crippen LogP contribution is -2.41. The van der Waals surface area contributed by atoms with Gasteiger partial charge in [0.25, 0.3) is 0 Å². The lowest BCUT2D eigenvalue weighted by molar-refractivity contribution is -0.142. The first-order valence-corrected chi connectivity index (χ1v) is 11.7. The summed E-state index contributed by atoms with van der Waals surface area (Å²) in [6, 6.07) is -1.00. The first kappa shape index (κ1) is 28.7. The van der Waals surface area contributed by atoms with E-state index in [0.29, 0.717) is 12.8 Å². The van der Waals surface area contributed by atoms with Crippen LogP contribution < -0.4 is 5.32 Å². The normalized spacial score (nSPS) is 11.5. The Balaban J connectivity index is 3.43. The summed E-state index contributed by atoms with van der Waals surface area (Å²) in [7, 11) is 0. The van der Waals surface area contributed by atoms with Crippen LogP contribution in [0.5, 0.6) is 0 Å². The van der Waals surface area contributed by atoms with Gasteiger partial charge in [-0.15, -0.1) is 0 Å². The molecular weight excluding hydrogens is 400 g/mol. The molecule has 0 bridgehead atoms. The maximum atomic E-state index is 11.9. The van der Waals surface area contributed by atoms with Crippen molar-refractivity contribution in [2.75, 3.05) is 6.54 Å². The molecule has 0 aromatic carbocycles. The third kappa shape index (κ3) is 20.8. The molecule has 0 saturated heterocycles. The molecular formula is C22H40N4O5. The van der Waals surface area contributed by atoms with Crippen LogP contribution in [0, 0.1) is 0 Å². The molecule has 9 nitrogen and oxygen atoms in total. The number of hydrogen-bond acceptors (Lipinski definition) is 4. The monoisotopic (exact) mass is 440 g/mol. The minimum absolute atomic E-state index is 0.0440. The molecule has 0 unspecified atom stereocenters. The van der Waals surface area contributed by atoms with Crippen molar-refractivity contribution in [1.29, 1.82) is 0 Å². The van der Waals surface area contributed by atoms with E-state index in [1.165, 1.54) is 44.9 Å². The fourth-order valence-corrected chi connectivity index (χ4v) is 3.44. The molecule has 0 radical (unpaired) electrons. The molecule has 31 heavy (non-hydrogen) atoms. The molecule has 178 valence electrons. The Bertz CT molecular complexity index is 550. The summed E-state index contributed by atoms with van der Waals surface area (Å²) in [5.41, 5.74) is 8.22. The second-order valence-corrected chi connectivity index (χ2v) is 8.04. The Morgan fingerprint density at radius 2 is 1.16 bits per heavy atom. The third-order valence-electron chi connectivity index (χ3n) is 5.26. The number of carbonyl (C=O) groups excluding carboxylic acids is 1. The molecule has 1 atom stereocenters. The third-order valence-corrected chi connectivity index (χ3v) is 5.26. The number of hydrogen-bond donors (Lipinski definition) is 3. The SMILES string of the molecule is [N-]=[N+]=NCC[C@@H](NC(=O)CCCCCCCCCCCCCCCCC(=O)O)C(=O)O. The summed E-state index contributed by atoms with van der Waals surface area (Å²) in [6.45, 7) is 0.0440. The Hall–Kier alpha value is -2.28. The highest BCUT2D eigenvalue weighted by atomic mass is 16.4. The van der Waals surface area contributed by atoms with Crippen LogP contribution in [0.2, 0.25) is 0 Å². The van der Waals surface area contributed by atoms with E-state index in [9.17, 15) is 14.4 Å². The summed E-state index contributed by atoms with van der Waals surface area (Å²) in [5, 5.41) is 23.4. The van der Waals surface area contributed by atoms with Gasteiger partial charge < -0.3 is 15.5 Å². The fourth-order valence-electron chi connectivity index (χ4n) is 3.44. The van der Waals surface area contributed by atoms with Crippen molar-refractivity contribution in [1.82, 2.24) is 5.32 Å². The van der Waals surface area contributed by atoms with Gasteiger partial charge in [-0.2, -0.15) is 0 Å². The molecule has 0 aliphatic heterocycles. The number of aliphatic carboxylic acids is 2. The Morgan fingerprint density at radius 1 is 0.742 bits per heavy atom. The molecule has 0 saturated carbocycles. The average Bonchev–Trinajstić information content (AvgIpc) is 2.72. The molecule has 0 heterocycles. The van der Waals surface area contributed by atoms with Crippen molar-refractivity contribution in [3.05, 3.63) is 10.4 Å². The number of unbranched alkanes of at least 4 members (excludes halogenated alkanes) is 13. The maximum Gasteiger partial charge on any atom is 0.326 e. The minimum atomic E-state index is -1.11. The zero-order valence-electron chi connectivity index (χ0n) is 18.8. The zero-order valence-corrected chi connectivity index (χ0v) is 18.8. The lowest BCUT2D eigenvalue weighted by atomic mass is 10.0. The predicted molar refractivity (Wildman–Crippen MR) is 120 cm³/mol. The van der Waals surface area contributed by atoms with Gasteiger partial charge in [0.2, 0.25) is 5.91 Å². The van der Waals surface area contributed by atoms with Gasteiger partial charge in [0.05, 0.1) is 0 Å². The van der Waals surface area contributed by atoms with Crippen LogP contribution in [0.3, 0.4) is 0 Å². The summed E-state index contributed by atoms with van der Waals surface area (Å²) in [4.78, 5) is 35.9. The molecule has 0 fully saturated rings. The van der Waals surface area contributed by atoms with Crippen LogP contribution in [0.25, 0.3) is 10.4 Å². The topological polar surface area (TPSA) is 152 Å². The highest BCUT2D eigenvalue weighted by molar-refractivity contribution is 5.83. The van der Waals surface area contributed by atoms with Crippen molar-refractivity contribution in [2.45, 2.75) is 115 Å². The van der Waals surface area contributed by atoms with E-state index in [2.05, 4.69) is 15.3 Å². The molecule has 0 spiro atoms. The number of azide groups is 1. The minimum Gasteiger partial charge on any atom is -0.481 e. The van der Waals surface area contributed by atoms with Crippen LogP contribution in [-0.2, 0) is 14.4 Å². The van der Waals surface area contributed by atoms with E-state index in [4.69, 9.17) is 15.7 Å². The van der Waals surface area contributed by atoms with E-state index in [1.807, 2.05) is 0 Å². The first-order chi connectivity index (χ1) is 15.0. The fraction of sp³-hybridized carbons (Fsp3) is 0.864. The van der Waals surface area contributed by atoms with E-state index in [0.717, 1.165) is 44.9 Å². The summed E-state index contributed by atoms with van der Waals surface area (Å²) >= 11 is 0. The van der Waals surface area contributed by atoms with Crippen LogP contribution in [-0.4, -0.2) is 40.6 Å². The Labute approximate surface area is 185 Å². The molecule has 0 aliphatic carbocycles. The molecule has 9 heteroatoms. The largest absolute Gasteiger partial charge is 0.481 e. The first-order valence-electron chi connectivity index (χ1n) is 11.7. The average molecular weight is 441 g/mol. The summed E-state index contributed by atoms with van der Waals surface area (Å²) in [6.07, 6.45) is 16.3. The predicted octanol–water partition coefficient (Wildman–Crippen LogP) is 5.58. The number of nitrogens with zero attached hydrogens (tertiary/aromatic N) is 3. The van der Waals surface area contributed by atoms with Crippen molar-refractivity contribution in [3.8, 4) is 0 Å². The molecule has 3 N–H and O–H groups in total. The molecule has 0 aromatic heterocycles. The Morgan fingerprint density at radius 3 is 1.55 bits per heavy atom. The van der Waals surface area contributed by atoms with E-state index < -0.39 is 18.0 Å². The quantitative estimate of drug-likeness (QED) is 0.0867. The maximum absolute atomic E-state index is 11.9. The lowest BCUT2D eigenvalue weighted by Gasteiger charge is -2.13. The van der Waals surface area contributed by atoms with Crippen LogP contribution in [0.4, 0.5) is 0 Å². The summed E-state index contributed by atoms with van der Waals surface area (Å²) < 4.78 is 0. The van der Waals surface area contributed by atoms with Crippen LogP contribution in [0.15, 0.2) is 5.11 Å². The summed E-state index contributed by atoms with van der Waals surface area (Å²) in [5.74, 6) is -2.08. The van der Waals surface area contributed by atoms with Gasteiger partial charge in [0.15, 0.2) is 0 Å². The number of amides is 1. The smallest absolute Gasteiger partial charge is 0.326 e. The number of rotatable bonds is 22. The molecule has 0 rings (SSSR count). The number of carboxylic acid groups (broad SMARTS) is 2. The van der Waals surface area contributed by atoms with Crippen LogP contribution in [0.1, 0.15) is 109 Å². The number of nitrogens with one attached hydrogen (secondary N) is 1. The second kappa shape index (κ2) is 21.0. The van der Waals surface area contributed by atoms with Gasteiger partial charge >= 0.3 is 11.9 Å². The molecule has 0 aromatic rings. The Kier molecular flexibility index (Phi) is 19.4. The van der Waals surface area contributed by atoms with E-state index in [1.54, 1.807) is 0 Å². The van der Waals surface area contributed by atoms with Crippen molar-refractivity contribution in [2.24, 2.45) is 5.11 Å². The van der Waals surface area contributed by atoms with Gasteiger partial charge in [-0.25, -0.2) is 4.79 Å².